The minimum atomic E-state index is 0.0604. The molecule has 2 heterocycles. The number of rotatable bonds is 4. The lowest BCUT2D eigenvalue weighted by atomic mass is 10.2. The van der Waals surface area contributed by atoms with E-state index in [4.69, 9.17) is 9.72 Å². The Kier molecular flexibility index (Phi) is 3.60. The van der Waals surface area contributed by atoms with Gasteiger partial charge in [0, 0.05) is 20.2 Å². The van der Waals surface area contributed by atoms with E-state index >= 15 is 0 Å². The van der Waals surface area contributed by atoms with Gasteiger partial charge in [0.05, 0.1) is 29.1 Å². The molecule has 2 fully saturated rings. The first-order chi connectivity index (χ1) is 11.2. The molecule has 3 atom stereocenters. The Labute approximate surface area is 136 Å². The van der Waals surface area contributed by atoms with Crippen molar-refractivity contribution in [1.29, 1.82) is 0 Å². The van der Waals surface area contributed by atoms with Crippen LogP contribution in [0.5, 0.6) is 0 Å². The zero-order valence-electron chi connectivity index (χ0n) is 13.7. The van der Waals surface area contributed by atoms with Gasteiger partial charge in [0.1, 0.15) is 5.82 Å². The minimum absolute atomic E-state index is 0.0604. The number of aromatic nitrogens is 2. The van der Waals surface area contributed by atoms with Crippen molar-refractivity contribution in [2.75, 3.05) is 13.2 Å². The van der Waals surface area contributed by atoms with Crippen molar-refractivity contribution in [3.63, 3.8) is 0 Å². The molecule has 2 aromatic rings. The van der Waals surface area contributed by atoms with Crippen LogP contribution in [0.3, 0.4) is 0 Å². The van der Waals surface area contributed by atoms with E-state index in [1.807, 2.05) is 37.1 Å². The molecule has 1 amide bonds. The summed E-state index contributed by atoms with van der Waals surface area (Å²) in [5.41, 5.74) is 2.13. The van der Waals surface area contributed by atoms with Crippen LogP contribution < -0.4 is 0 Å². The second kappa shape index (κ2) is 5.64. The van der Waals surface area contributed by atoms with Crippen LogP contribution in [0.4, 0.5) is 0 Å². The number of aryl methyl sites for hydroxylation is 1. The summed E-state index contributed by atoms with van der Waals surface area (Å²) in [6, 6.07) is 8.25. The molecule has 4 rings (SSSR count). The Bertz CT molecular complexity index is 739. The summed E-state index contributed by atoms with van der Waals surface area (Å²) in [7, 11) is 2.05. The molecule has 0 bridgehead atoms. The van der Waals surface area contributed by atoms with E-state index in [0.717, 1.165) is 42.7 Å². The average molecular weight is 313 g/mol. The third-order valence-corrected chi connectivity index (χ3v) is 5.09. The van der Waals surface area contributed by atoms with Crippen molar-refractivity contribution in [3.05, 3.63) is 30.1 Å². The van der Waals surface area contributed by atoms with Gasteiger partial charge in [0.25, 0.3) is 0 Å². The van der Waals surface area contributed by atoms with Gasteiger partial charge in [-0.2, -0.15) is 0 Å². The van der Waals surface area contributed by atoms with E-state index < -0.39 is 0 Å². The molecular weight excluding hydrogens is 290 g/mol. The third-order valence-electron chi connectivity index (χ3n) is 5.09. The van der Waals surface area contributed by atoms with Crippen molar-refractivity contribution < 1.29 is 9.53 Å². The summed E-state index contributed by atoms with van der Waals surface area (Å²) < 4.78 is 7.73. The standard InChI is InChI=1S/C18H23N3O2/c1-3-23-16-11-12(16)18(22)21-10-6-9-15(21)17-19-13-7-4-5-8-14(13)20(17)2/h4-5,7-8,12,15-16H,3,6,9-11H2,1-2H3. The van der Waals surface area contributed by atoms with Gasteiger partial charge in [-0.15, -0.1) is 0 Å². The van der Waals surface area contributed by atoms with Crippen LogP contribution in [-0.2, 0) is 16.6 Å². The maximum absolute atomic E-state index is 12.8. The van der Waals surface area contributed by atoms with Crippen molar-refractivity contribution in [1.82, 2.24) is 14.5 Å². The lowest BCUT2D eigenvalue weighted by Gasteiger charge is -2.24. The van der Waals surface area contributed by atoms with E-state index in [-0.39, 0.29) is 24.0 Å². The minimum Gasteiger partial charge on any atom is -0.378 e. The van der Waals surface area contributed by atoms with Gasteiger partial charge in [-0.3, -0.25) is 4.79 Å². The number of likely N-dealkylation sites (tertiary alicyclic amines) is 1. The first-order valence-corrected chi connectivity index (χ1v) is 8.54. The van der Waals surface area contributed by atoms with E-state index in [1.54, 1.807) is 0 Å². The molecule has 23 heavy (non-hydrogen) atoms. The molecule has 0 spiro atoms. The predicted octanol–water partition coefficient (Wildman–Crippen LogP) is 2.66. The number of ether oxygens (including phenoxy) is 1. The summed E-state index contributed by atoms with van der Waals surface area (Å²) in [5, 5.41) is 0. The second-order valence-corrected chi connectivity index (χ2v) is 6.54. The first-order valence-electron chi connectivity index (χ1n) is 8.54. The highest BCUT2D eigenvalue weighted by atomic mass is 16.5. The SMILES string of the molecule is CCOC1CC1C(=O)N1CCCC1c1nc2ccccc2n1C. The van der Waals surface area contributed by atoms with E-state index in [1.165, 1.54) is 0 Å². The normalized spacial score (nSPS) is 26.9. The zero-order chi connectivity index (χ0) is 16.0. The molecule has 1 aliphatic carbocycles. The molecule has 0 N–H and O–H groups in total. The topological polar surface area (TPSA) is 47.4 Å². The number of nitrogens with zero attached hydrogens (tertiary/aromatic N) is 3. The fourth-order valence-electron chi connectivity index (χ4n) is 3.80. The molecule has 2 aliphatic rings. The molecular formula is C18H23N3O2. The van der Waals surface area contributed by atoms with Gasteiger partial charge >= 0.3 is 0 Å². The maximum atomic E-state index is 12.8. The Hall–Kier alpha value is -1.88. The second-order valence-electron chi connectivity index (χ2n) is 6.54. The largest absolute Gasteiger partial charge is 0.378 e. The number of carbonyl (C=O) groups is 1. The number of fused-ring (bicyclic) bond motifs is 1. The molecule has 1 aromatic carbocycles. The van der Waals surface area contributed by atoms with E-state index in [0.29, 0.717) is 6.61 Å². The smallest absolute Gasteiger partial charge is 0.229 e. The van der Waals surface area contributed by atoms with Crippen LogP contribution in [0.2, 0.25) is 0 Å². The van der Waals surface area contributed by atoms with Gasteiger partial charge in [-0.25, -0.2) is 4.98 Å². The fourth-order valence-corrected chi connectivity index (χ4v) is 3.80. The molecule has 5 nitrogen and oxygen atoms in total. The Morgan fingerprint density at radius 2 is 2.22 bits per heavy atom. The van der Waals surface area contributed by atoms with Gasteiger partial charge in [0.15, 0.2) is 0 Å². The van der Waals surface area contributed by atoms with Crippen molar-refractivity contribution >= 4 is 16.9 Å². The number of benzene rings is 1. The number of hydrogen-bond acceptors (Lipinski definition) is 3. The van der Waals surface area contributed by atoms with Crippen LogP contribution >= 0.6 is 0 Å². The number of amides is 1. The Morgan fingerprint density at radius 3 is 3.00 bits per heavy atom. The van der Waals surface area contributed by atoms with Gasteiger partial charge < -0.3 is 14.2 Å². The highest BCUT2D eigenvalue weighted by Crippen LogP contribution is 2.40. The van der Waals surface area contributed by atoms with Gasteiger partial charge in [-0.1, -0.05) is 12.1 Å². The van der Waals surface area contributed by atoms with Gasteiger partial charge in [0.2, 0.25) is 5.91 Å². The summed E-state index contributed by atoms with van der Waals surface area (Å²) in [6.07, 6.45) is 3.05. The first kappa shape index (κ1) is 14.7. The quantitative estimate of drug-likeness (QED) is 0.872. The van der Waals surface area contributed by atoms with Crippen LogP contribution in [0, 0.1) is 5.92 Å². The van der Waals surface area contributed by atoms with Gasteiger partial charge in [-0.05, 0) is 38.3 Å². The van der Waals surface area contributed by atoms with E-state index in [2.05, 4.69) is 10.6 Å². The Morgan fingerprint density at radius 1 is 1.39 bits per heavy atom. The summed E-state index contributed by atoms with van der Waals surface area (Å²) in [6.45, 7) is 3.50. The predicted molar refractivity (Wildman–Crippen MR) is 87.9 cm³/mol. The average Bonchev–Trinajstić information content (AvgIpc) is 3.03. The molecule has 1 aliphatic heterocycles. The highest BCUT2D eigenvalue weighted by Gasteiger charge is 2.48. The summed E-state index contributed by atoms with van der Waals surface area (Å²) >= 11 is 0. The lowest BCUT2D eigenvalue weighted by Crippen LogP contribution is -2.34. The molecule has 122 valence electrons. The van der Waals surface area contributed by atoms with Crippen molar-refractivity contribution in [2.45, 2.75) is 38.3 Å². The molecule has 1 saturated carbocycles. The maximum Gasteiger partial charge on any atom is 0.229 e. The summed E-state index contributed by atoms with van der Waals surface area (Å²) in [5.74, 6) is 1.31. The molecule has 5 heteroatoms. The van der Waals surface area contributed by atoms with Crippen molar-refractivity contribution in [3.8, 4) is 0 Å². The van der Waals surface area contributed by atoms with Crippen LogP contribution in [0.25, 0.3) is 11.0 Å². The van der Waals surface area contributed by atoms with E-state index in [9.17, 15) is 4.79 Å². The molecule has 1 saturated heterocycles. The number of imidazole rings is 1. The molecule has 1 aromatic heterocycles. The fraction of sp³-hybridized carbons (Fsp3) is 0.556. The molecule has 3 unspecified atom stereocenters. The van der Waals surface area contributed by atoms with Crippen LogP contribution in [0.15, 0.2) is 24.3 Å². The van der Waals surface area contributed by atoms with Crippen molar-refractivity contribution in [2.24, 2.45) is 13.0 Å². The van der Waals surface area contributed by atoms with Crippen LogP contribution in [-0.4, -0.2) is 39.6 Å². The van der Waals surface area contributed by atoms with Crippen LogP contribution in [0.1, 0.15) is 38.1 Å². The number of hydrogen-bond donors (Lipinski definition) is 0. The number of para-hydroxylation sites is 2. The monoisotopic (exact) mass is 313 g/mol. The summed E-state index contributed by atoms with van der Waals surface area (Å²) in [4.78, 5) is 19.6. The Balaban J connectivity index is 1.60. The molecule has 0 radical (unpaired) electrons. The number of carbonyl (C=O) groups excluding carboxylic acids is 1. The third kappa shape index (κ3) is 2.43. The zero-order valence-corrected chi connectivity index (χ0v) is 13.7. The lowest BCUT2D eigenvalue weighted by molar-refractivity contribution is -0.134. The highest BCUT2D eigenvalue weighted by molar-refractivity contribution is 5.83.